The molecule has 1 aliphatic rings. The molecule has 19 heavy (non-hydrogen) atoms. The summed E-state index contributed by atoms with van der Waals surface area (Å²) in [5.41, 5.74) is 0.960. The van der Waals surface area contributed by atoms with Crippen molar-refractivity contribution in [3.63, 3.8) is 0 Å². The largest absolute Gasteiger partial charge is 0.349 e. The molecule has 0 bridgehead atoms. The number of benzene rings is 1. The highest BCUT2D eigenvalue weighted by atomic mass is 127. The van der Waals surface area contributed by atoms with Crippen LogP contribution in [0.5, 0.6) is 0 Å². The van der Waals surface area contributed by atoms with Gasteiger partial charge >= 0.3 is 0 Å². The number of carbonyl (C=O) groups excluding carboxylic acids is 1. The SMILES string of the molecule is CC1(C)CCCCC1NC(=O)c1cc(Br)ccc1I. The van der Waals surface area contributed by atoms with Crippen molar-refractivity contribution in [1.82, 2.24) is 5.32 Å². The highest BCUT2D eigenvalue weighted by Crippen LogP contribution is 2.35. The first-order valence-corrected chi connectivity index (χ1v) is 8.53. The second-order valence-electron chi connectivity index (χ2n) is 5.88. The molecule has 2 nitrogen and oxygen atoms in total. The van der Waals surface area contributed by atoms with E-state index >= 15 is 0 Å². The smallest absolute Gasteiger partial charge is 0.252 e. The van der Waals surface area contributed by atoms with Crippen molar-refractivity contribution in [3.8, 4) is 0 Å². The highest BCUT2D eigenvalue weighted by molar-refractivity contribution is 14.1. The van der Waals surface area contributed by atoms with Crippen LogP contribution in [0.2, 0.25) is 0 Å². The van der Waals surface area contributed by atoms with Gasteiger partial charge in [-0.05, 0) is 59.0 Å². The summed E-state index contributed by atoms with van der Waals surface area (Å²) in [5, 5.41) is 3.23. The standard InChI is InChI=1S/C15H19BrINO/c1-15(2)8-4-3-5-13(15)18-14(19)11-9-10(16)6-7-12(11)17/h6-7,9,13H,3-5,8H2,1-2H3,(H,18,19). The van der Waals surface area contributed by atoms with Gasteiger partial charge in [-0.25, -0.2) is 0 Å². The summed E-state index contributed by atoms with van der Waals surface area (Å²) in [5.74, 6) is 0.0469. The van der Waals surface area contributed by atoms with Crippen LogP contribution in [0, 0.1) is 8.99 Å². The molecule has 0 spiro atoms. The number of halogens is 2. The van der Waals surface area contributed by atoms with Crippen LogP contribution in [-0.2, 0) is 0 Å². The maximum atomic E-state index is 12.4. The normalized spacial score (nSPS) is 22.0. The topological polar surface area (TPSA) is 29.1 Å². The van der Waals surface area contributed by atoms with Gasteiger partial charge in [0.05, 0.1) is 5.56 Å². The maximum absolute atomic E-state index is 12.4. The minimum atomic E-state index is 0.0469. The Balaban J connectivity index is 2.14. The first-order chi connectivity index (χ1) is 8.90. The number of nitrogens with one attached hydrogen (secondary N) is 1. The summed E-state index contributed by atoms with van der Waals surface area (Å²) >= 11 is 5.64. The van der Waals surface area contributed by atoms with Crippen LogP contribution in [-0.4, -0.2) is 11.9 Å². The Morgan fingerprint density at radius 3 is 2.84 bits per heavy atom. The van der Waals surface area contributed by atoms with Gasteiger partial charge in [0, 0.05) is 14.1 Å². The molecule has 0 heterocycles. The van der Waals surface area contributed by atoms with Gasteiger partial charge in [0.2, 0.25) is 0 Å². The molecule has 1 aliphatic carbocycles. The summed E-state index contributed by atoms with van der Waals surface area (Å²) in [7, 11) is 0. The van der Waals surface area contributed by atoms with E-state index in [9.17, 15) is 4.79 Å². The fourth-order valence-electron chi connectivity index (χ4n) is 2.67. The molecule has 1 atom stereocenters. The van der Waals surface area contributed by atoms with Crippen molar-refractivity contribution in [2.24, 2.45) is 5.41 Å². The van der Waals surface area contributed by atoms with Crippen molar-refractivity contribution in [3.05, 3.63) is 31.8 Å². The van der Waals surface area contributed by atoms with Crippen molar-refractivity contribution in [2.45, 2.75) is 45.6 Å². The Labute approximate surface area is 137 Å². The quantitative estimate of drug-likeness (QED) is 0.667. The van der Waals surface area contributed by atoms with Crippen molar-refractivity contribution < 1.29 is 4.79 Å². The van der Waals surface area contributed by atoms with Crippen LogP contribution in [0.15, 0.2) is 22.7 Å². The Hall–Kier alpha value is -0.100. The van der Waals surface area contributed by atoms with Gasteiger partial charge in [0.1, 0.15) is 0 Å². The molecule has 1 aromatic carbocycles. The van der Waals surface area contributed by atoms with E-state index in [0.29, 0.717) is 0 Å². The van der Waals surface area contributed by atoms with Gasteiger partial charge in [0.25, 0.3) is 5.91 Å². The van der Waals surface area contributed by atoms with Crippen LogP contribution >= 0.6 is 38.5 Å². The molecule has 1 unspecified atom stereocenters. The van der Waals surface area contributed by atoms with Gasteiger partial charge < -0.3 is 5.32 Å². The fourth-order valence-corrected chi connectivity index (χ4v) is 3.61. The summed E-state index contributed by atoms with van der Waals surface area (Å²) in [6.45, 7) is 4.51. The Kier molecular flexibility index (Phi) is 4.93. The van der Waals surface area contributed by atoms with E-state index in [1.54, 1.807) is 0 Å². The monoisotopic (exact) mass is 435 g/mol. The minimum absolute atomic E-state index is 0.0469. The van der Waals surface area contributed by atoms with Crippen molar-refractivity contribution >= 4 is 44.4 Å². The van der Waals surface area contributed by atoms with E-state index in [1.165, 1.54) is 19.3 Å². The van der Waals surface area contributed by atoms with Crippen LogP contribution in [0.25, 0.3) is 0 Å². The van der Waals surface area contributed by atoms with E-state index < -0.39 is 0 Å². The second-order valence-corrected chi connectivity index (χ2v) is 7.96. The van der Waals surface area contributed by atoms with Gasteiger partial charge in [-0.1, -0.05) is 42.6 Å². The van der Waals surface area contributed by atoms with Crippen LogP contribution in [0.3, 0.4) is 0 Å². The molecule has 0 aliphatic heterocycles. The first kappa shape index (κ1) is 15.3. The zero-order chi connectivity index (χ0) is 14.0. The highest BCUT2D eigenvalue weighted by Gasteiger charge is 2.33. The molecule has 0 radical (unpaired) electrons. The predicted octanol–water partition coefficient (Wildman–Crippen LogP) is 4.75. The number of rotatable bonds is 2. The van der Waals surface area contributed by atoms with Gasteiger partial charge in [0.15, 0.2) is 0 Å². The summed E-state index contributed by atoms with van der Waals surface area (Å²) < 4.78 is 1.94. The molecule has 1 saturated carbocycles. The summed E-state index contributed by atoms with van der Waals surface area (Å²) in [6, 6.07) is 6.10. The maximum Gasteiger partial charge on any atom is 0.252 e. The van der Waals surface area contributed by atoms with Gasteiger partial charge in [-0.2, -0.15) is 0 Å². The van der Waals surface area contributed by atoms with Crippen molar-refractivity contribution in [1.29, 1.82) is 0 Å². The number of amides is 1. The van der Waals surface area contributed by atoms with E-state index in [2.05, 4.69) is 57.7 Å². The van der Waals surface area contributed by atoms with E-state index in [0.717, 1.165) is 20.0 Å². The van der Waals surface area contributed by atoms with Gasteiger partial charge in [-0.15, -0.1) is 0 Å². The van der Waals surface area contributed by atoms with E-state index in [1.807, 2.05) is 18.2 Å². The average molecular weight is 436 g/mol. The van der Waals surface area contributed by atoms with Crippen LogP contribution < -0.4 is 5.32 Å². The van der Waals surface area contributed by atoms with Crippen LogP contribution in [0.4, 0.5) is 0 Å². The number of carbonyl (C=O) groups is 1. The molecular weight excluding hydrogens is 417 g/mol. The van der Waals surface area contributed by atoms with Gasteiger partial charge in [-0.3, -0.25) is 4.79 Å². The third kappa shape index (κ3) is 3.72. The summed E-state index contributed by atoms with van der Waals surface area (Å²) in [4.78, 5) is 12.4. The molecule has 1 aromatic rings. The lowest BCUT2D eigenvalue weighted by atomic mass is 9.73. The predicted molar refractivity (Wildman–Crippen MR) is 90.4 cm³/mol. The summed E-state index contributed by atoms with van der Waals surface area (Å²) in [6.07, 6.45) is 4.76. The fraction of sp³-hybridized carbons (Fsp3) is 0.533. The molecule has 1 fully saturated rings. The molecule has 0 aromatic heterocycles. The lowest BCUT2D eigenvalue weighted by Gasteiger charge is -2.39. The van der Waals surface area contributed by atoms with E-state index in [4.69, 9.17) is 0 Å². The Bertz CT molecular complexity index is 487. The lowest BCUT2D eigenvalue weighted by molar-refractivity contribution is 0.0852. The van der Waals surface area contributed by atoms with E-state index in [-0.39, 0.29) is 17.4 Å². The molecule has 4 heteroatoms. The number of hydrogen-bond donors (Lipinski definition) is 1. The Morgan fingerprint density at radius 2 is 2.16 bits per heavy atom. The average Bonchev–Trinajstić information content (AvgIpc) is 2.34. The molecule has 1 amide bonds. The Morgan fingerprint density at radius 1 is 1.42 bits per heavy atom. The minimum Gasteiger partial charge on any atom is -0.349 e. The second kappa shape index (κ2) is 6.12. The zero-order valence-corrected chi connectivity index (χ0v) is 15.0. The lowest BCUT2D eigenvalue weighted by Crippen LogP contribution is -2.47. The molecule has 0 saturated heterocycles. The van der Waals surface area contributed by atoms with Crippen LogP contribution in [0.1, 0.15) is 49.9 Å². The molecular formula is C15H19BrINO. The molecule has 2 rings (SSSR count). The zero-order valence-electron chi connectivity index (χ0n) is 11.3. The molecule has 1 N–H and O–H groups in total. The van der Waals surface area contributed by atoms with Crippen molar-refractivity contribution in [2.75, 3.05) is 0 Å². The third-order valence-corrected chi connectivity index (χ3v) is 5.42. The third-order valence-electron chi connectivity index (χ3n) is 3.99. The number of hydrogen-bond acceptors (Lipinski definition) is 1. The first-order valence-electron chi connectivity index (χ1n) is 6.66. The molecule has 104 valence electrons.